The van der Waals surface area contributed by atoms with Crippen molar-refractivity contribution in [3.63, 3.8) is 0 Å². The van der Waals surface area contributed by atoms with Crippen LogP contribution in [0.2, 0.25) is 0 Å². The second-order valence-corrected chi connectivity index (χ2v) is 7.52. The van der Waals surface area contributed by atoms with Gasteiger partial charge in [0, 0.05) is 58.9 Å². The Morgan fingerprint density at radius 1 is 0.727 bits per heavy atom. The van der Waals surface area contributed by atoms with Crippen LogP contribution in [0.3, 0.4) is 0 Å². The van der Waals surface area contributed by atoms with E-state index in [0.29, 0.717) is 0 Å². The van der Waals surface area contributed by atoms with Crippen LogP contribution in [0.25, 0.3) is 0 Å². The molecule has 1 rings (SSSR count). The smallest absolute Gasteiger partial charge is 0.549 e. The van der Waals surface area contributed by atoms with E-state index >= 15 is 0 Å². The van der Waals surface area contributed by atoms with Crippen molar-refractivity contribution in [1.82, 2.24) is 19.6 Å². The van der Waals surface area contributed by atoms with Gasteiger partial charge in [0.15, 0.2) is 0 Å². The second-order valence-electron chi connectivity index (χ2n) is 7.52. The minimum Gasteiger partial charge on any atom is -0.549 e. The Labute approximate surface area is 245 Å². The summed E-state index contributed by atoms with van der Waals surface area (Å²) < 4.78 is 0. The number of aliphatic hydroxyl groups excluding tert-OH is 3. The molecule has 0 amide bonds. The summed E-state index contributed by atoms with van der Waals surface area (Å²) in [5.74, 6) is -3.37. The van der Waals surface area contributed by atoms with E-state index in [2.05, 4.69) is 0 Å². The van der Waals surface area contributed by atoms with Crippen molar-refractivity contribution in [3.05, 3.63) is 0 Å². The molecule has 13 nitrogen and oxygen atoms in total. The average Bonchev–Trinajstić information content (AvgIpc) is 2.68. The Kier molecular flexibility index (Phi) is 21.1. The molecule has 33 heavy (non-hydrogen) atoms. The Morgan fingerprint density at radius 2 is 1.09 bits per heavy atom. The molecule has 1 aliphatic heterocycles. The van der Waals surface area contributed by atoms with Crippen LogP contribution in [-0.2, 0) is 14.4 Å². The fourth-order valence-corrected chi connectivity index (χ4v) is 3.53. The number of carbonyl (C=O) groups excluding carboxylic acids is 1. The van der Waals surface area contributed by atoms with Crippen LogP contribution in [0.5, 0.6) is 0 Å². The fourth-order valence-electron chi connectivity index (χ4n) is 3.53. The van der Waals surface area contributed by atoms with E-state index in [1.54, 1.807) is 19.6 Å². The minimum atomic E-state index is -1.29. The van der Waals surface area contributed by atoms with Crippen LogP contribution < -0.4 is 34.7 Å². The first-order valence-electron chi connectivity index (χ1n) is 10.1. The quantitative estimate of drug-likeness (QED) is 0.174. The van der Waals surface area contributed by atoms with E-state index in [0.717, 1.165) is 0 Å². The standard InChI is InChI=1S/C18H34N4O9.Ca.Na/c23-12-14(15(25)13-24)22-7-5-20(10-17(28)29)3-1-19(9-16(26)27)2-4-21(6-8-22)11-18(30)31;;/h14-15,23-25H,1-13H2,(H,26,27)(H,28,29)(H,30,31);;/q;+2;+1/p-1/t14-,15-;;/m1../s1. The van der Waals surface area contributed by atoms with Gasteiger partial charge in [0.25, 0.3) is 0 Å². The number of hydrogen-bond donors (Lipinski definition) is 5. The van der Waals surface area contributed by atoms with Gasteiger partial charge in [-0.05, 0) is 0 Å². The third-order valence-electron chi connectivity index (χ3n) is 5.23. The molecule has 1 saturated heterocycles. The summed E-state index contributed by atoms with van der Waals surface area (Å²) in [6, 6.07) is -0.812. The van der Waals surface area contributed by atoms with E-state index in [4.69, 9.17) is 5.11 Å². The van der Waals surface area contributed by atoms with E-state index in [-0.39, 0.29) is 139 Å². The molecule has 0 unspecified atom stereocenters. The van der Waals surface area contributed by atoms with Crippen LogP contribution in [0.15, 0.2) is 0 Å². The third-order valence-corrected chi connectivity index (χ3v) is 5.23. The number of carbonyl (C=O) groups is 3. The summed E-state index contributed by atoms with van der Waals surface area (Å²) in [5, 5.41) is 58.5. The summed E-state index contributed by atoms with van der Waals surface area (Å²) in [5.41, 5.74) is 0. The molecule has 180 valence electrons. The molecule has 0 aliphatic carbocycles. The maximum atomic E-state index is 11.2. The fraction of sp³-hybridized carbons (Fsp3) is 0.833. The molecule has 0 aromatic rings. The maximum Gasteiger partial charge on any atom is 2.00 e. The molecular formula is C18H33CaN4NaO9+2. The Balaban J connectivity index is 0. The van der Waals surface area contributed by atoms with E-state index in [9.17, 15) is 39.9 Å². The number of aliphatic carboxylic acids is 3. The zero-order valence-electron chi connectivity index (χ0n) is 19.2. The van der Waals surface area contributed by atoms with Gasteiger partial charge >= 0.3 is 79.2 Å². The molecule has 2 atom stereocenters. The summed E-state index contributed by atoms with van der Waals surface area (Å²) in [4.78, 5) is 40.0. The maximum absolute atomic E-state index is 11.2. The number of hydrogen-bond acceptors (Lipinski definition) is 11. The molecule has 1 aliphatic rings. The number of carboxylic acid groups (broad SMARTS) is 3. The van der Waals surface area contributed by atoms with Crippen LogP contribution in [0, 0.1) is 0 Å². The molecule has 0 saturated carbocycles. The first-order chi connectivity index (χ1) is 14.7. The van der Waals surface area contributed by atoms with Crippen molar-refractivity contribution in [3.8, 4) is 0 Å². The Morgan fingerprint density at radius 3 is 1.39 bits per heavy atom. The van der Waals surface area contributed by atoms with Gasteiger partial charge in [-0.15, -0.1) is 0 Å². The van der Waals surface area contributed by atoms with E-state index in [1.807, 2.05) is 0 Å². The molecule has 0 bridgehead atoms. The van der Waals surface area contributed by atoms with Gasteiger partial charge in [0.1, 0.15) is 0 Å². The van der Waals surface area contributed by atoms with Crippen molar-refractivity contribution in [2.24, 2.45) is 0 Å². The molecule has 5 N–H and O–H groups in total. The van der Waals surface area contributed by atoms with Gasteiger partial charge in [-0.25, -0.2) is 0 Å². The van der Waals surface area contributed by atoms with Gasteiger partial charge in [-0.3, -0.25) is 29.2 Å². The molecule has 0 spiro atoms. The average molecular weight is 513 g/mol. The first kappa shape index (κ1) is 35.6. The normalized spacial score (nSPS) is 19.7. The molecule has 0 radical (unpaired) electrons. The number of nitrogens with zero attached hydrogens (tertiary/aromatic N) is 4. The van der Waals surface area contributed by atoms with Crippen molar-refractivity contribution in [2.45, 2.75) is 12.1 Å². The largest absolute Gasteiger partial charge is 2.00 e. The van der Waals surface area contributed by atoms with Crippen LogP contribution in [-0.4, -0.2) is 198 Å². The van der Waals surface area contributed by atoms with E-state index < -0.39 is 43.3 Å². The minimum absolute atomic E-state index is 0. The van der Waals surface area contributed by atoms with Gasteiger partial charge in [0.2, 0.25) is 0 Å². The van der Waals surface area contributed by atoms with Gasteiger partial charge < -0.3 is 35.4 Å². The SMILES string of the molecule is O=C([O-])CN1CCN(CC(=O)O)CCN(CC(=O)O)CCN([C@H](CO)[C@H](O)CO)CC1.[Ca+2].[Na+]. The number of aliphatic hydroxyl groups is 3. The molecule has 1 fully saturated rings. The number of carboxylic acids is 3. The molecule has 15 heteroatoms. The molecule has 1 heterocycles. The molecule has 0 aromatic carbocycles. The van der Waals surface area contributed by atoms with Crippen LogP contribution in [0.4, 0.5) is 0 Å². The second kappa shape index (κ2) is 19.6. The third kappa shape index (κ3) is 15.2. The van der Waals surface area contributed by atoms with Crippen molar-refractivity contribution >= 4 is 55.6 Å². The zero-order valence-corrected chi connectivity index (χ0v) is 23.4. The topological polar surface area (TPSA) is 188 Å². The Bertz CT molecular complexity index is 561. The van der Waals surface area contributed by atoms with Crippen molar-refractivity contribution in [1.29, 1.82) is 0 Å². The van der Waals surface area contributed by atoms with Crippen molar-refractivity contribution in [2.75, 3.05) is 85.2 Å². The zero-order chi connectivity index (χ0) is 23.4. The summed E-state index contributed by atoms with van der Waals surface area (Å²) in [7, 11) is 0. The predicted octanol–water partition coefficient (Wildman–Crippen LogP) is -8.54. The number of rotatable bonds is 10. The van der Waals surface area contributed by atoms with Crippen molar-refractivity contribution < 1.29 is 74.6 Å². The van der Waals surface area contributed by atoms with E-state index in [1.165, 1.54) is 0 Å². The molecular weight excluding hydrogens is 479 g/mol. The summed E-state index contributed by atoms with van der Waals surface area (Å²) in [6.07, 6.45) is -1.23. The summed E-state index contributed by atoms with van der Waals surface area (Å²) in [6.45, 7) is 0.0474. The Hall–Kier alpha value is 0.390. The molecule has 0 aromatic heterocycles. The van der Waals surface area contributed by atoms with Gasteiger partial charge in [-0.1, -0.05) is 0 Å². The van der Waals surface area contributed by atoms with Gasteiger partial charge in [0.05, 0.1) is 44.4 Å². The van der Waals surface area contributed by atoms with Crippen LogP contribution in [0.1, 0.15) is 0 Å². The monoisotopic (exact) mass is 512 g/mol. The van der Waals surface area contributed by atoms with Crippen LogP contribution >= 0.6 is 0 Å². The van der Waals surface area contributed by atoms with Gasteiger partial charge in [-0.2, -0.15) is 0 Å². The summed E-state index contributed by atoms with van der Waals surface area (Å²) >= 11 is 0. The predicted molar refractivity (Wildman–Crippen MR) is 111 cm³/mol. The first-order valence-corrected chi connectivity index (χ1v) is 10.1.